The molecule has 0 spiro atoms. The van der Waals surface area contributed by atoms with Crippen molar-refractivity contribution in [3.05, 3.63) is 0 Å². The molecule has 0 aliphatic carbocycles. The average Bonchev–Trinajstić information content (AvgIpc) is 1.85. The second-order valence-corrected chi connectivity index (χ2v) is 1.88. The maximum Gasteiger partial charge on any atom is 0.227 e. The number of guanidine groups is 2. The summed E-state index contributed by atoms with van der Waals surface area (Å²) >= 11 is 0. The zero-order chi connectivity index (χ0) is 8.43. The van der Waals surface area contributed by atoms with Gasteiger partial charge in [-0.05, 0) is 0 Å². The number of rotatable bonds is 1. The van der Waals surface area contributed by atoms with Crippen LogP contribution in [0.2, 0.25) is 0 Å². The molecule has 1 unspecified atom stereocenters. The van der Waals surface area contributed by atoms with Crippen molar-refractivity contribution in [2.45, 2.75) is 6.29 Å². The highest BCUT2D eigenvalue weighted by Gasteiger charge is 2.20. The van der Waals surface area contributed by atoms with E-state index in [4.69, 9.17) is 22.0 Å². The van der Waals surface area contributed by atoms with Gasteiger partial charge in [-0.3, -0.25) is 10.6 Å². The molecule has 1 aliphatic rings. The molecule has 1 atom stereocenters. The molecular weight excluding hydrogens is 148 g/mol. The number of hydrogen-bond acceptors (Lipinski definition) is 7. The first-order valence-corrected chi connectivity index (χ1v) is 2.91. The van der Waals surface area contributed by atoms with Crippen molar-refractivity contribution in [3.8, 4) is 0 Å². The highest BCUT2D eigenvalue weighted by Crippen LogP contribution is 2.00. The monoisotopic (exact) mass is 158 g/mol. The fourth-order valence-electron chi connectivity index (χ4n) is 0.721. The van der Waals surface area contributed by atoms with Gasteiger partial charge in [0.15, 0.2) is 0 Å². The Kier molecular flexibility index (Phi) is 1.92. The third-order valence-electron chi connectivity index (χ3n) is 1.16. The molecule has 0 amide bonds. The molecule has 0 aromatic carbocycles. The Hall–Kier alpha value is -1.34. The summed E-state index contributed by atoms with van der Waals surface area (Å²) in [7, 11) is 1.42. The van der Waals surface area contributed by atoms with Crippen LogP contribution in [0, 0.1) is 0 Å². The van der Waals surface area contributed by atoms with E-state index in [9.17, 15) is 0 Å². The van der Waals surface area contributed by atoms with Crippen LogP contribution < -0.4 is 17.2 Å². The van der Waals surface area contributed by atoms with Crippen molar-refractivity contribution in [1.82, 2.24) is 5.06 Å². The number of aliphatic imine (C=N–C) groups is 2. The van der Waals surface area contributed by atoms with Crippen LogP contribution in [0.25, 0.3) is 0 Å². The quantitative estimate of drug-likeness (QED) is 0.398. The molecular formula is C4H10N6O. The van der Waals surface area contributed by atoms with Gasteiger partial charge < -0.3 is 11.5 Å². The Balaban J connectivity index is 2.82. The molecule has 0 fully saturated rings. The fraction of sp³-hybridized carbons (Fsp3) is 0.500. The Morgan fingerprint density at radius 2 is 2.18 bits per heavy atom. The third-order valence-corrected chi connectivity index (χ3v) is 1.16. The van der Waals surface area contributed by atoms with Crippen molar-refractivity contribution in [2.75, 3.05) is 7.11 Å². The Morgan fingerprint density at radius 3 is 2.64 bits per heavy atom. The van der Waals surface area contributed by atoms with Crippen LogP contribution in [0.1, 0.15) is 0 Å². The average molecular weight is 158 g/mol. The molecule has 0 saturated carbocycles. The Bertz CT molecular complexity index is 211. The van der Waals surface area contributed by atoms with Gasteiger partial charge in [0.25, 0.3) is 0 Å². The predicted octanol–water partition coefficient (Wildman–Crippen LogP) is -2.26. The number of hydroxylamine groups is 2. The summed E-state index contributed by atoms with van der Waals surface area (Å²) in [5, 5.41) is 1.15. The summed E-state index contributed by atoms with van der Waals surface area (Å²) in [6, 6.07) is 0. The lowest BCUT2D eigenvalue weighted by atomic mass is 10.7. The first kappa shape index (κ1) is 7.76. The first-order chi connectivity index (χ1) is 5.15. The van der Waals surface area contributed by atoms with Crippen molar-refractivity contribution < 1.29 is 4.84 Å². The van der Waals surface area contributed by atoms with E-state index in [0.29, 0.717) is 0 Å². The lowest BCUT2D eigenvalue weighted by Gasteiger charge is -2.26. The molecule has 11 heavy (non-hydrogen) atoms. The zero-order valence-electron chi connectivity index (χ0n) is 6.06. The van der Waals surface area contributed by atoms with Gasteiger partial charge in [0.1, 0.15) is 0 Å². The minimum Gasteiger partial charge on any atom is -0.368 e. The number of nitrogens with zero attached hydrogens (tertiary/aromatic N) is 3. The Labute approximate surface area is 63.5 Å². The van der Waals surface area contributed by atoms with E-state index in [1.54, 1.807) is 0 Å². The smallest absolute Gasteiger partial charge is 0.227 e. The van der Waals surface area contributed by atoms with Gasteiger partial charge in [-0.2, -0.15) is 10.1 Å². The standard InChI is InChI=1S/C4H10N6O/c1-11-10-3(6)8-2(5)9-4(10)7/h3H,6H2,1H3,(H4,5,7,8,9). The summed E-state index contributed by atoms with van der Waals surface area (Å²) in [4.78, 5) is 12.1. The van der Waals surface area contributed by atoms with E-state index >= 15 is 0 Å². The van der Waals surface area contributed by atoms with Crippen LogP contribution in [0.15, 0.2) is 9.98 Å². The van der Waals surface area contributed by atoms with Gasteiger partial charge in [-0.15, -0.1) is 0 Å². The molecule has 7 nitrogen and oxygen atoms in total. The summed E-state index contributed by atoms with van der Waals surface area (Å²) in [6.45, 7) is 0. The normalized spacial score (nSPS) is 24.5. The Morgan fingerprint density at radius 1 is 1.55 bits per heavy atom. The van der Waals surface area contributed by atoms with Gasteiger partial charge in [-0.25, -0.2) is 4.99 Å². The van der Waals surface area contributed by atoms with Gasteiger partial charge in [0.05, 0.1) is 7.11 Å². The van der Waals surface area contributed by atoms with Gasteiger partial charge >= 0.3 is 0 Å². The van der Waals surface area contributed by atoms with Crippen LogP contribution in [-0.4, -0.2) is 30.4 Å². The second-order valence-electron chi connectivity index (χ2n) is 1.88. The van der Waals surface area contributed by atoms with Crippen LogP contribution in [0.5, 0.6) is 0 Å². The lowest BCUT2D eigenvalue weighted by molar-refractivity contribution is -0.0957. The van der Waals surface area contributed by atoms with Crippen LogP contribution in [0.3, 0.4) is 0 Å². The molecule has 7 heteroatoms. The first-order valence-electron chi connectivity index (χ1n) is 2.91. The maximum absolute atomic E-state index is 5.44. The maximum atomic E-state index is 5.44. The topological polar surface area (TPSA) is 115 Å². The van der Waals surface area contributed by atoms with Crippen LogP contribution in [0.4, 0.5) is 0 Å². The number of hydrogen-bond donors (Lipinski definition) is 3. The van der Waals surface area contributed by atoms with E-state index in [2.05, 4.69) is 9.98 Å². The molecule has 0 saturated heterocycles. The summed E-state index contributed by atoms with van der Waals surface area (Å²) in [5.41, 5.74) is 16.1. The molecule has 1 rings (SSSR count). The van der Waals surface area contributed by atoms with Crippen molar-refractivity contribution >= 4 is 11.9 Å². The van der Waals surface area contributed by atoms with E-state index in [1.807, 2.05) is 0 Å². The fourth-order valence-corrected chi connectivity index (χ4v) is 0.721. The van der Waals surface area contributed by atoms with Crippen molar-refractivity contribution in [3.63, 3.8) is 0 Å². The minimum absolute atomic E-state index is 0.0586. The van der Waals surface area contributed by atoms with Gasteiger partial charge in [0, 0.05) is 0 Å². The molecule has 0 radical (unpaired) electrons. The molecule has 0 aromatic heterocycles. The molecule has 0 aromatic rings. The zero-order valence-corrected chi connectivity index (χ0v) is 6.06. The summed E-state index contributed by atoms with van der Waals surface area (Å²) < 4.78 is 0. The highest BCUT2D eigenvalue weighted by atomic mass is 16.7. The van der Waals surface area contributed by atoms with E-state index < -0.39 is 6.29 Å². The highest BCUT2D eigenvalue weighted by molar-refractivity contribution is 5.94. The minimum atomic E-state index is -0.711. The van der Waals surface area contributed by atoms with Crippen molar-refractivity contribution in [1.29, 1.82) is 0 Å². The largest absolute Gasteiger partial charge is 0.368 e. The molecule has 0 bridgehead atoms. The van der Waals surface area contributed by atoms with E-state index in [-0.39, 0.29) is 11.9 Å². The SMILES string of the molecule is CON1C(N)=NC(N)=NC1N. The lowest BCUT2D eigenvalue weighted by Crippen LogP contribution is -2.51. The van der Waals surface area contributed by atoms with Crippen molar-refractivity contribution in [2.24, 2.45) is 27.2 Å². The second kappa shape index (κ2) is 2.72. The molecule has 1 aliphatic heterocycles. The third kappa shape index (κ3) is 1.38. The van der Waals surface area contributed by atoms with Gasteiger partial charge in [0.2, 0.25) is 18.2 Å². The van der Waals surface area contributed by atoms with Crippen LogP contribution in [-0.2, 0) is 4.84 Å². The van der Waals surface area contributed by atoms with E-state index in [1.165, 1.54) is 7.11 Å². The van der Waals surface area contributed by atoms with Gasteiger partial charge in [-0.1, -0.05) is 0 Å². The molecule has 62 valence electrons. The van der Waals surface area contributed by atoms with Crippen LogP contribution >= 0.6 is 0 Å². The molecule has 1 heterocycles. The van der Waals surface area contributed by atoms with E-state index in [0.717, 1.165) is 5.06 Å². The summed E-state index contributed by atoms with van der Waals surface area (Å²) in [6.07, 6.45) is -0.711. The molecule has 6 N–H and O–H groups in total. The predicted molar refractivity (Wildman–Crippen MR) is 40.1 cm³/mol. The number of nitrogens with two attached hydrogens (primary N) is 3. The summed E-state index contributed by atoms with van der Waals surface area (Å²) in [5.74, 6) is 0.163.